The van der Waals surface area contributed by atoms with E-state index in [2.05, 4.69) is 5.32 Å². The summed E-state index contributed by atoms with van der Waals surface area (Å²) in [5.74, 6) is 0. The molecule has 6 heteroatoms. The first-order chi connectivity index (χ1) is 9.56. The molecule has 1 aromatic rings. The number of hydrogen-bond acceptors (Lipinski definition) is 3. The Morgan fingerprint density at radius 3 is 2.50 bits per heavy atom. The van der Waals surface area contributed by atoms with E-state index in [0.717, 1.165) is 12.8 Å². The molecule has 1 aromatic carbocycles. The van der Waals surface area contributed by atoms with Gasteiger partial charge in [0.2, 0.25) is 0 Å². The van der Waals surface area contributed by atoms with Crippen molar-refractivity contribution in [3.05, 3.63) is 27.2 Å². The lowest BCUT2D eigenvalue weighted by atomic mass is 10.3. The molecule has 3 nitrogen and oxygen atoms in total. The zero-order valence-corrected chi connectivity index (χ0v) is 13.3. The first-order valence-electron chi connectivity index (χ1n) is 6.74. The molecule has 112 valence electrons. The van der Waals surface area contributed by atoms with E-state index in [0.29, 0.717) is 40.0 Å². The number of aliphatic hydroxyl groups is 1. The van der Waals surface area contributed by atoms with Gasteiger partial charge in [0, 0.05) is 6.54 Å². The molecule has 20 heavy (non-hydrogen) atoms. The normalized spacial score (nSPS) is 17.4. The number of aliphatic hydroxyl groups excluding tert-OH is 1. The summed E-state index contributed by atoms with van der Waals surface area (Å²) in [5.41, 5.74) is 0.654. The fourth-order valence-corrected chi connectivity index (χ4v) is 2.86. The van der Waals surface area contributed by atoms with Gasteiger partial charge in [-0.1, -0.05) is 47.6 Å². The Morgan fingerprint density at radius 2 is 1.80 bits per heavy atom. The molecule has 1 unspecified atom stereocenters. The zero-order valence-electron chi connectivity index (χ0n) is 11.0. The molecule has 1 aliphatic rings. The number of ether oxygens (including phenoxy) is 1. The maximum atomic E-state index is 9.90. The molecule has 0 heterocycles. The third-order valence-electron chi connectivity index (χ3n) is 3.36. The van der Waals surface area contributed by atoms with Crippen molar-refractivity contribution in [3.8, 4) is 0 Å². The second kappa shape index (κ2) is 7.71. The van der Waals surface area contributed by atoms with Gasteiger partial charge in [0.25, 0.3) is 0 Å². The average Bonchev–Trinajstić information content (AvgIpc) is 2.92. The van der Waals surface area contributed by atoms with Crippen LogP contribution in [0.2, 0.25) is 15.1 Å². The summed E-state index contributed by atoms with van der Waals surface area (Å²) in [7, 11) is 0. The molecule has 0 radical (unpaired) electrons. The minimum absolute atomic E-state index is 0.304. The lowest BCUT2D eigenvalue weighted by Gasteiger charge is -2.17. The van der Waals surface area contributed by atoms with E-state index < -0.39 is 6.10 Å². The highest BCUT2D eigenvalue weighted by Gasteiger charge is 2.17. The molecule has 0 saturated heterocycles. The van der Waals surface area contributed by atoms with E-state index in [-0.39, 0.29) is 0 Å². The number of benzene rings is 1. The second-order valence-electron chi connectivity index (χ2n) is 5.02. The van der Waals surface area contributed by atoms with Gasteiger partial charge in [-0.05, 0) is 25.0 Å². The molecular formula is C14H18Cl3NO2. The van der Waals surface area contributed by atoms with Crippen LogP contribution in [-0.4, -0.2) is 30.5 Å². The zero-order chi connectivity index (χ0) is 14.5. The molecule has 0 spiro atoms. The van der Waals surface area contributed by atoms with Crippen molar-refractivity contribution in [2.45, 2.75) is 37.9 Å². The lowest BCUT2D eigenvalue weighted by molar-refractivity contribution is -0.00117. The van der Waals surface area contributed by atoms with Gasteiger partial charge < -0.3 is 15.2 Å². The van der Waals surface area contributed by atoms with Crippen LogP contribution >= 0.6 is 34.8 Å². The number of nitrogens with one attached hydrogen (secondary N) is 1. The van der Waals surface area contributed by atoms with Crippen molar-refractivity contribution in [3.63, 3.8) is 0 Å². The molecule has 2 rings (SSSR count). The molecule has 1 atom stereocenters. The Bertz CT molecular complexity index is 450. The van der Waals surface area contributed by atoms with E-state index in [9.17, 15) is 5.11 Å². The number of rotatable bonds is 6. The van der Waals surface area contributed by atoms with Crippen molar-refractivity contribution in [1.82, 2.24) is 0 Å². The Morgan fingerprint density at radius 1 is 1.15 bits per heavy atom. The molecule has 0 bridgehead atoms. The standard InChI is InChI=1S/C14H18Cl3NO2/c15-11-5-13(17)14(6-12(11)16)18-7-9(19)8-20-10-3-1-2-4-10/h5-6,9-10,18-19H,1-4,7-8H2. The highest BCUT2D eigenvalue weighted by molar-refractivity contribution is 6.44. The van der Waals surface area contributed by atoms with Crippen LogP contribution in [0.5, 0.6) is 0 Å². The van der Waals surface area contributed by atoms with Crippen molar-refractivity contribution < 1.29 is 9.84 Å². The first kappa shape index (κ1) is 16.2. The molecule has 0 aliphatic heterocycles. The topological polar surface area (TPSA) is 41.5 Å². The van der Waals surface area contributed by atoms with Crippen molar-refractivity contribution >= 4 is 40.5 Å². The van der Waals surface area contributed by atoms with Gasteiger partial charge in [-0.15, -0.1) is 0 Å². The maximum absolute atomic E-state index is 9.90. The average molecular weight is 339 g/mol. The predicted octanol–water partition coefficient (Wildman–Crippen LogP) is 4.38. The summed E-state index contributed by atoms with van der Waals surface area (Å²) < 4.78 is 5.66. The van der Waals surface area contributed by atoms with E-state index in [1.165, 1.54) is 12.8 Å². The van der Waals surface area contributed by atoms with Gasteiger partial charge in [0.05, 0.1) is 39.6 Å². The van der Waals surface area contributed by atoms with Crippen molar-refractivity contribution in [2.75, 3.05) is 18.5 Å². The third kappa shape index (κ3) is 4.68. The summed E-state index contributed by atoms with van der Waals surface area (Å²) in [5, 5.41) is 14.3. The fraction of sp³-hybridized carbons (Fsp3) is 0.571. The Balaban J connectivity index is 1.77. The van der Waals surface area contributed by atoms with Crippen LogP contribution in [0.1, 0.15) is 25.7 Å². The third-order valence-corrected chi connectivity index (χ3v) is 4.40. The molecule has 1 fully saturated rings. The smallest absolute Gasteiger partial charge is 0.0945 e. The van der Waals surface area contributed by atoms with Gasteiger partial charge in [0.1, 0.15) is 0 Å². The van der Waals surface area contributed by atoms with Crippen LogP contribution in [0.25, 0.3) is 0 Å². The first-order valence-corrected chi connectivity index (χ1v) is 7.87. The SMILES string of the molecule is OC(CNc1cc(Cl)c(Cl)cc1Cl)COC1CCCC1. The fourth-order valence-electron chi connectivity index (χ4n) is 2.25. The van der Waals surface area contributed by atoms with E-state index >= 15 is 0 Å². The predicted molar refractivity (Wildman–Crippen MR) is 84.2 cm³/mol. The second-order valence-corrected chi connectivity index (χ2v) is 6.24. The van der Waals surface area contributed by atoms with E-state index in [4.69, 9.17) is 39.5 Å². The molecule has 1 aliphatic carbocycles. The van der Waals surface area contributed by atoms with Gasteiger partial charge in [-0.25, -0.2) is 0 Å². The molecular weight excluding hydrogens is 321 g/mol. The molecule has 1 saturated carbocycles. The minimum Gasteiger partial charge on any atom is -0.389 e. The van der Waals surface area contributed by atoms with Gasteiger partial charge in [-0.2, -0.15) is 0 Å². The highest BCUT2D eigenvalue weighted by Crippen LogP contribution is 2.32. The van der Waals surface area contributed by atoms with Gasteiger partial charge >= 0.3 is 0 Å². The monoisotopic (exact) mass is 337 g/mol. The quantitative estimate of drug-likeness (QED) is 0.756. The summed E-state index contributed by atoms with van der Waals surface area (Å²) in [6, 6.07) is 3.23. The van der Waals surface area contributed by atoms with E-state index in [1.54, 1.807) is 12.1 Å². The maximum Gasteiger partial charge on any atom is 0.0945 e. The number of halogens is 3. The van der Waals surface area contributed by atoms with Crippen LogP contribution in [-0.2, 0) is 4.74 Å². The van der Waals surface area contributed by atoms with Crippen LogP contribution in [0.4, 0.5) is 5.69 Å². The van der Waals surface area contributed by atoms with Crippen LogP contribution < -0.4 is 5.32 Å². The largest absolute Gasteiger partial charge is 0.389 e. The lowest BCUT2D eigenvalue weighted by Crippen LogP contribution is -2.27. The van der Waals surface area contributed by atoms with Crippen LogP contribution in [0.3, 0.4) is 0 Å². The van der Waals surface area contributed by atoms with Gasteiger partial charge in [-0.3, -0.25) is 0 Å². The van der Waals surface area contributed by atoms with Crippen LogP contribution in [0, 0.1) is 0 Å². The summed E-state index contributed by atoms with van der Waals surface area (Å²) in [6.45, 7) is 0.682. The van der Waals surface area contributed by atoms with Gasteiger partial charge in [0.15, 0.2) is 0 Å². The van der Waals surface area contributed by atoms with Crippen molar-refractivity contribution in [2.24, 2.45) is 0 Å². The summed E-state index contributed by atoms with van der Waals surface area (Å²) >= 11 is 17.8. The number of anilines is 1. The van der Waals surface area contributed by atoms with Crippen LogP contribution in [0.15, 0.2) is 12.1 Å². The van der Waals surface area contributed by atoms with E-state index in [1.807, 2.05) is 0 Å². The summed E-state index contributed by atoms with van der Waals surface area (Å²) in [6.07, 6.45) is 4.35. The molecule has 0 aromatic heterocycles. The van der Waals surface area contributed by atoms with Crippen molar-refractivity contribution in [1.29, 1.82) is 0 Å². The minimum atomic E-state index is -0.582. The Kier molecular flexibility index (Phi) is 6.24. The summed E-state index contributed by atoms with van der Waals surface area (Å²) in [4.78, 5) is 0. The Labute approximate surface area is 134 Å². The molecule has 2 N–H and O–H groups in total. The highest BCUT2D eigenvalue weighted by atomic mass is 35.5. The Hall–Kier alpha value is -0.190. The molecule has 0 amide bonds. The number of hydrogen-bond donors (Lipinski definition) is 2.